The van der Waals surface area contributed by atoms with Gasteiger partial charge in [-0.15, -0.1) is 0 Å². The molecular formula is C14H14Cl2N2. The lowest BCUT2D eigenvalue weighted by Gasteiger charge is -2.20. The lowest BCUT2D eigenvalue weighted by Crippen LogP contribution is -2.29. The van der Waals surface area contributed by atoms with Crippen LogP contribution in [0.25, 0.3) is 0 Å². The Morgan fingerprint density at radius 2 is 1.67 bits per heavy atom. The van der Waals surface area contributed by atoms with Gasteiger partial charge >= 0.3 is 0 Å². The number of nitrogens with one attached hydrogen (secondary N) is 1. The zero-order valence-corrected chi connectivity index (χ0v) is 11.5. The van der Waals surface area contributed by atoms with Gasteiger partial charge in [0.25, 0.3) is 0 Å². The minimum atomic E-state index is -0.217. The van der Waals surface area contributed by atoms with E-state index in [9.17, 15) is 0 Å². The zero-order chi connectivity index (χ0) is 13.1. The van der Waals surface area contributed by atoms with Crippen LogP contribution in [0.2, 0.25) is 10.0 Å². The lowest BCUT2D eigenvalue weighted by atomic mass is 9.98. The van der Waals surface area contributed by atoms with Gasteiger partial charge < -0.3 is 0 Å². The standard InChI is InChI=1S/C14H14Cl2N2/c1-9-5-4-7-11(13(9)16)14(18-17)10-6-2-3-8-12(10)15/h2-8,14,18H,17H2,1H3. The van der Waals surface area contributed by atoms with Gasteiger partial charge in [-0.2, -0.15) is 0 Å². The van der Waals surface area contributed by atoms with E-state index in [-0.39, 0.29) is 6.04 Å². The van der Waals surface area contributed by atoms with Crippen LogP contribution in [0.4, 0.5) is 0 Å². The second-order valence-electron chi connectivity index (χ2n) is 4.10. The molecule has 0 spiro atoms. The topological polar surface area (TPSA) is 38.0 Å². The molecule has 94 valence electrons. The van der Waals surface area contributed by atoms with Gasteiger partial charge in [0.05, 0.1) is 6.04 Å². The van der Waals surface area contributed by atoms with Crippen molar-refractivity contribution in [1.82, 2.24) is 5.43 Å². The summed E-state index contributed by atoms with van der Waals surface area (Å²) >= 11 is 12.5. The van der Waals surface area contributed by atoms with Crippen LogP contribution < -0.4 is 11.3 Å². The fraction of sp³-hybridized carbons (Fsp3) is 0.143. The quantitative estimate of drug-likeness (QED) is 0.662. The van der Waals surface area contributed by atoms with E-state index < -0.39 is 0 Å². The fourth-order valence-electron chi connectivity index (χ4n) is 1.95. The summed E-state index contributed by atoms with van der Waals surface area (Å²) in [5, 5.41) is 1.37. The van der Waals surface area contributed by atoms with E-state index >= 15 is 0 Å². The number of rotatable bonds is 3. The first-order chi connectivity index (χ1) is 8.65. The molecule has 1 unspecified atom stereocenters. The minimum Gasteiger partial charge on any atom is -0.271 e. The molecule has 2 nitrogen and oxygen atoms in total. The second-order valence-corrected chi connectivity index (χ2v) is 4.88. The van der Waals surface area contributed by atoms with Crippen molar-refractivity contribution in [2.45, 2.75) is 13.0 Å². The Morgan fingerprint density at radius 3 is 2.33 bits per heavy atom. The van der Waals surface area contributed by atoms with E-state index in [0.29, 0.717) is 10.0 Å². The molecule has 2 aromatic carbocycles. The zero-order valence-electron chi connectivity index (χ0n) is 9.95. The van der Waals surface area contributed by atoms with Gasteiger partial charge in [0, 0.05) is 10.0 Å². The molecule has 0 aliphatic rings. The van der Waals surface area contributed by atoms with Gasteiger partial charge in [-0.3, -0.25) is 5.84 Å². The van der Waals surface area contributed by atoms with Crippen LogP contribution in [0.5, 0.6) is 0 Å². The maximum atomic E-state index is 6.33. The minimum absolute atomic E-state index is 0.217. The van der Waals surface area contributed by atoms with E-state index in [1.165, 1.54) is 0 Å². The van der Waals surface area contributed by atoms with Crippen molar-refractivity contribution in [2.24, 2.45) is 5.84 Å². The highest BCUT2D eigenvalue weighted by molar-refractivity contribution is 6.32. The van der Waals surface area contributed by atoms with Crippen LogP contribution in [-0.4, -0.2) is 0 Å². The number of hydrogen-bond donors (Lipinski definition) is 2. The Balaban J connectivity index is 2.53. The summed E-state index contributed by atoms with van der Waals surface area (Å²) in [4.78, 5) is 0. The normalized spacial score (nSPS) is 12.4. The van der Waals surface area contributed by atoms with Gasteiger partial charge in [0.2, 0.25) is 0 Å². The summed E-state index contributed by atoms with van der Waals surface area (Å²) in [5.74, 6) is 5.66. The van der Waals surface area contributed by atoms with Crippen LogP contribution in [-0.2, 0) is 0 Å². The fourth-order valence-corrected chi connectivity index (χ4v) is 2.43. The lowest BCUT2D eigenvalue weighted by molar-refractivity contribution is 0.637. The third-order valence-corrected chi connectivity index (χ3v) is 3.78. The number of nitrogens with two attached hydrogens (primary N) is 1. The molecule has 18 heavy (non-hydrogen) atoms. The molecule has 0 aliphatic carbocycles. The van der Waals surface area contributed by atoms with Gasteiger partial charge in [-0.1, -0.05) is 59.6 Å². The Kier molecular flexibility index (Phi) is 4.25. The first kappa shape index (κ1) is 13.4. The highest BCUT2D eigenvalue weighted by Gasteiger charge is 2.18. The molecule has 0 amide bonds. The van der Waals surface area contributed by atoms with Crippen molar-refractivity contribution in [3.05, 3.63) is 69.2 Å². The summed E-state index contributed by atoms with van der Waals surface area (Å²) < 4.78 is 0. The van der Waals surface area contributed by atoms with Gasteiger partial charge in [-0.05, 0) is 29.7 Å². The number of hydrogen-bond acceptors (Lipinski definition) is 2. The summed E-state index contributed by atoms with van der Waals surface area (Å²) in [6.45, 7) is 1.96. The Bertz CT molecular complexity index is 555. The smallest absolute Gasteiger partial charge is 0.0739 e. The molecule has 0 saturated heterocycles. The highest BCUT2D eigenvalue weighted by Crippen LogP contribution is 2.33. The Morgan fingerprint density at radius 1 is 1.00 bits per heavy atom. The van der Waals surface area contributed by atoms with Crippen LogP contribution in [0.1, 0.15) is 22.7 Å². The third kappa shape index (κ3) is 2.52. The van der Waals surface area contributed by atoms with E-state index in [1.807, 2.05) is 49.4 Å². The van der Waals surface area contributed by atoms with Crippen molar-refractivity contribution >= 4 is 23.2 Å². The molecule has 0 heterocycles. The summed E-state index contributed by atoms with van der Waals surface area (Å²) in [7, 11) is 0. The van der Waals surface area contributed by atoms with Crippen molar-refractivity contribution in [3.8, 4) is 0 Å². The molecule has 0 aromatic heterocycles. The van der Waals surface area contributed by atoms with E-state index in [4.69, 9.17) is 29.0 Å². The van der Waals surface area contributed by atoms with Gasteiger partial charge in [0.15, 0.2) is 0 Å². The summed E-state index contributed by atoms with van der Waals surface area (Å²) in [5.41, 5.74) is 5.62. The van der Waals surface area contributed by atoms with Crippen molar-refractivity contribution < 1.29 is 0 Å². The van der Waals surface area contributed by atoms with E-state index in [2.05, 4.69) is 5.43 Å². The molecule has 0 bridgehead atoms. The van der Waals surface area contributed by atoms with E-state index in [1.54, 1.807) is 0 Å². The first-order valence-corrected chi connectivity index (χ1v) is 6.36. The number of aryl methyl sites for hydroxylation is 1. The van der Waals surface area contributed by atoms with Crippen molar-refractivity contribution in [1.29, 1.82) is 0 Å². The predicted octanol–water partition coefficient (Wildman–Crippen LogP) is 3.85. The predicted molar refractivity (Wildman–Crippen MR) is 76.8 cm³/mol. The first-order valence-electron chi connectivity index (χ1n) is 5.60. The molecule has 2 rings (SSSR count). The second kappa shape index (κ2) is 5.72. The molecule has 0 saturated carbocycles. The van der Waals surface area contributed by atoms with Crippen molar-refractivity contribution in [3.63, 3.8) is 0 Å². The summed E-state index contributed by atoms with van der Waals surface area (Å²) in [6, 6.07) is 13.2. The molecule has 1 atom stereocenters. The molecule has 0 aliphatic heterocycles. The summed E-state index contributed by atoms with van der Waals surface area (Å²) in [6.07, 6.45) is 0. The average Bonchev–Trinajstić information content (AvgIpc) is 2.37. The van der Waals surface area contributed by atoms with E-state index in [0.717, 1.165) is 16.7 Å². The highest BCUT2D eigenvalue weighted by atomic mass is 35.5. The maximum absolute atomic E-state index is 6.33. The average molecular weight is 281 g/mol. The van der Waals surface area contributed by atoms with Crippen molar-refractivity contribution in [2.75, 3.05) is 0 Å². The largest absolute Gasteiger partial charge is 0.271 e. The molecule has 2 aromatic rings. The molecule has 4 heteroatoms. The number of benzene rings is 2. The van der Waals surface area contributed by atoms with Crippen LogP contribution >= 0.6 is 23.2 Å². The van der Waals surface area contributed by atoms with Gasteiger partial charge in [0.1, 0.15) is 0 Å². The molecule has 0 fully saturated rings. The van der Waals surface area contributed by atoms with Crippen LogP contribution in [0.3, 0.4) is 0 Å². The van der Waals surface area contributed by atoms with Crippen LogP contribution in [0, 0.1) is 6.92 Å². The monoisotopic (exact) mass is 280 g/mol. The maximum Gasteiger partial charge on any atom is 0.0739 e. The Hall–Kier alpha value is -1.06. The molecule has 0 radical (unpaired) electrons. The molecular weight excluding hydrogens is 267 g/mol. The SMILES string of the molecule is Cc1cccc(C(NN)c2ccccc2Cl)c1Cl. The third-order valence-electron chi connectivity index (χ3n) is 2.92. The molecule has 3 N–H and O–H groups in total. The number of halogens is 2. The number of hydrazine groups is 1. The Labute approximate surface area is 117 Å². The van der Waals surface area contributed by atoms with Crippen LogP contribution in [0.15, 0.2) is 42.5 Å². The van der Waals surface area contributed by atoms with Gasteiger partial charge in [-0.25, -0.2) is 5.43 Å².